The fraction of sp³-hybridized carbons (Fsp3) is 0.914. The number of piperidine rings is 2. The fourth-order valence-electron chi connectivity index (χ4n) is 8.09. The molecule has 1 aromatic rings. The van der Waals surface area contributed by atoms with Gasteiger partial charge in [-0.15, -0.1) is 0 Å². The number of nitrogens with zero attached hydrogens (tertiary/aromatic N) is 5. The second-order valence-electron chi connectivity index (χ2n) is 18.1. The first-order chi connectivity index (χ1) is 18.7. The van der Waals surface area contributed by atoms with Crippen LogP contribution in [0.5, 0.6) is 0 Å². The molecule has 8 nitrogen and oxygen atoms in total. The monoisotopic (exact) mass is 605 g/mol. The molecule has 0 saturated carbocycles. The molecule has 8 heteroatoms. The highest BCUT2D eigenvalue weighted by Crippen LogP contribution is 2.34. The van der Waals surface area contributed by atoms with E-state index >= 15 is 0 Å². The molecule has 3 N–H and O–H groups in total. The van der Waals surface area contributed by atoms with Crippen LogP contribution < -0.4 is 16.0 Å². The summed E-state index contributed by atoms with van der Waals surface area (Å²) in [7, 11) is 4.63. The van der Waals surface area contributed by atoms with E-state index in [0.717, 1.165) is 24.7 Å². The Morgan fingerprint density at radius 2 is 1.00 bits per heavy atom. The molecule has 2 aliphatic heterocycles. The minimum atomic E-state index is -0.0293. The van der Waals surface area contributed by atoms with Crippen LogP contribution in [0.4, 0.5) is 5.95 Å². The van der Waals surface area contributed by atoms with E-state index in [-0.39, 0.29) is 40.5 Å². The molecule has 0 atom stereocenters. The summed E-state index contributed by atoms with van der Waals surface area (Å²) in [5, 5.41) is 11.0. The van der Waals surface area contributed by atoms with Crippen LogP contribution >= 0.6 is 0 Å². The molecule has 2 aliphatic rings. The van der Waals surface area contributed by atoms with Crippen LogP contribution in [-0.4, -0.2) is 85.3 Å². The minimum Gasteiger partial charge on any atom is -0.349 e. The number of aromatic nitrogens is 3. The van der Waals surface area contributed by atoms with Crippen molar-refractivity contribution in [2.24, 2.45) is 5.41 Å². The lowest BCUT2D eigenvalue weighted by Crippen LogP contribution is -2.64. The standard InChI is InChI=1S/C21H44N4.C13H24N4.CH4/c1-18(2)11-16(12-19(3,4)22-18)24(9)15-25(10)17-13-20(5,6)23-21(7,8)14-17;1-9-14-10(2)16-11(15-9)17-13(6,7)8-12(3,4)5;/h16-17,22-23H,11-15H2,1-10H3;8H2,1-7H3,(H,14,15,16,17);1H4. The third-order valence-corrected chi connectivity index (χ3v) is 8.31. The Bertz CT molecular complexity index is 927. The average Bonchev–Trinajstić information content (AvgIpc) is 2.66. The van der Waals surface area contributed by atoms with Gasteiger partial charge < -0.3 is 16.0 Å². The molecule has 0 amide bonds. The highest BCUT2D eigenvalue weighted by atomic mass is 15.3. The zero-order chi connectivity index (χ0) is 32.5. The van der Waals surface area contributed by atoms with E-state index in [9.17, 15) is 0 Å². The van der Waals surface area contributed by atoms with Gasteiger partial charge in [-0.2, -0.15) is 9.97 Å². The summed E-state index contributed by atoms with van der Waals surface area (Å²) < 4.78 is 0. The maximum Gasteiger partial charge on any atom is 0.226 e. The Morgan fingerprint density at radius 3 is 1.30 bits per heavy atom. The number of nitrogens with one attached hydrogen (secondary N) is 3. The van der Waals surface area contributed by atoms with Gasteiger partial charge >= 0.3 is 0 Å². The zero-order valence-corrected chi connectivity index (χ0v) is 30.6. The van der Waals surface area contributed by atoms with Crippen molar-refractivity contribution >= 4 is 5.95 Å². The molecular formula is C35H72N8. The van der Waals surface area contributed by atoms with Crippen molar-refractivity contribution in [1.82, 2.24) is 35.4 Å². The Hall–Kier alpha value is -1.35. The van der Waals surface area contributed by atoms with Gasteiger partial charge in [-0.3, -0.25) is 9.80 Å². The Morgan fingerprint density at radius 1 is 0.674 bits per heavy atom. The largest absolute Gasteiger partial charge is 0.349 e. The first kappa shape index (κ1) is 39.7. The van der Waals surface area contributed by atoms with Gasteiger partial charge in [0.05, 0.1) is 6.67 Å². The zero-order valence-electron chi connectivity index (χ0n) is 30.6. The second-order valence-corrected chi connectivity index (χ2v) is 18.1. The first-order valence-corrected chi connectivity index (χ1v) is 16.1. The molecule has 0 aromatic carbocycles. The molecule has 1 aromatic heterocycles. The summed E-state index contributed by atoms with van der Waals surface area (Å²) in [6.45, 7) is 34.6. The fourth-order valence-corrected chi connectivity index (χ4v) is 8.09. The van der Waals surface area contributed by atoms with Gasteiger partial charge in [0, 0.05) is 39.8 Å². The van der Waals surface area contributed by atoms with Gasteiger partial charge in [0.15, 0.2) is 0 Å². The molecule has 252 valence electrons. The maximum absolute atomic E-state index is 4.32. The molecule has 0 unspecified atom stereocenters. The predicted molar refractivity (Wildman–Crippen MR) is 187 cm³/mol. The Balaban J connectivity index is 0.000000451. The molecule has 2 saturated heterocycles. The summed E-state index contributed by atoms with van der Waals surface area (Å²) in [5.41, 5.74) is 1.07. The van der Waals surface area contributed by atoms with E-state index in [1.165, 1.54) is 25.7 Å². The van der Waals surface area contributed by atoms with Crippen molar-refractivity contribution in [3.8, 4) is 0 Å². The number of hydrogen-bond donors (Lipinski definition) is 3. The molecule has 0 aliphatic carbocycles. The van der Waals surface area contributed by atoms with E-state index in [1.807, 2.05) is 13.8 Å². The molecule has 3 rings (SSSR count). The Kier molecular flexibility index (Phi) is 12.9. The highest BCUT2D eigenvalue weighted by molar-refractivity contribution is 5.28. The predicted octanol–water partition coefficient (Wildman–Crippen LogP) is 7.18. The molecular weight excluding hydrogens is 532 g/mol. The summed E-state index contributed by atoms with van der Waals surface area (Å²) >= 11 is 0. The van der Waals surface area contributed by atoms with Gasteiger partial charge in [-0.05, 0) is 135 Å². The smallest absolute Gasteiger partial charge is 0.226 e. The van der Waals surface area contributed by atoms with Gasteiger partial charge in [0.1, 0.15) is 11.6 Å². The highest BCUT2D eigenvalue weighted by Gasteiger charge is 2.41. The van der Waals surface area contributed by atoms with Gasteiger partial charge in [0.2, 0.25) is 5.95 Å². The quantitative estimate of drug-likeness (QED) is 0.283. The number of anilines is 1. The van der Waals surface area contributed by atoms with Crippen LogP contribution in [0.3, 0.4) is 0 Å². The van der Waals surface area contributed by atoms with Gasteiger partial charge in [0.25, 0.3) is 0 Å². The van der Waals surface area contributed by atoms with Crippen molar-refractivity contribution in [2.45, 2.75) is 183 Å². The normalized spacial score (nSPS) is 22.0. The van der Waals surface area contributed by atoms with Crippen molar-refractivity contribution < 1.29 is 0 Å². The molecule has 0 spiro atoms. The molecule has 2 fully saturated rings. The van der Waals surface area contributed by atoms with Crippen molar-refractivity contribution in [3.05, 3.63) is 11.6 Å². The van der Waals surface area contributed by atoms with Crippen molar-refractivity contribution in [3.63, 3.8) is 0 Å². The molecule has 3 heterocycles. The van der Waals surface area contributed by atoms with Crippen molar-refractivity contribution in [2.75, 3.05) is 26.1 Å². The summed E-state index contributed by atoms with van der Waals surface area (Å²) in [6.07, 6.45) is 5.89. The van der Waals surface area contributed by atoms with Crippen LogP contribution in [0, 0.1) is 19.3 Å². The third kappa shape index (κ3) is 14.1. The SMILES string of the molecule is C.CN(CN(C)C1CC(C)(C)NC(C)(C)C1)C1CC(C)(C)NC(C)(C)C1.Cc1nc(C)nc(NC(C)(C)CC(C)(C)C)n1. The number of rotatable bonds is 7. The lowest BCUT2D eigenvalue weighted by atomic mass is 9.78. The number of aryl methyl sites for hydroxylation is 2. The summed E-state index contributed by atoms with van der Waals surface area (Å²) in [4.78, 5) is 18.0. The Labute approximate surface area is 267 Å². The van der Waals surface area contributed by atoms with E-state index < -0.39 is 0 Å². The topological polar surface area (TPSA) is 81.2 Å². The first-order valence-electron chi connectivity index (χ1n) is 16.1. The van der Waals surface area contributed by atoms with E-state index in [0.29, 0.717) is 18.0 Å². The van der Waals surface area contributed by atoms with Crippen LogP contribution in [0.25, 0.3) is 0 Å². The molecule has 43 heavy (non-hydrogen) atoms. The lowest BCUT2D eigenvalue weighted by Gasteiger charge is -2.51. The van der Waals surface area contributed by atoms with E-state index in [2.05, 4.69) is 145 Å². The van der Waals surface area contributed by atoms with Crippen LogP contribution in [0.15, 0.2) is 0 Å². The van der Waals surface area contributed by atoms with Gasteiger partial charge in [-0.25, -0.2) is 4.98 Å². The molecule has 0 radical (unpaired) electrons. The van der Waals surface area contributed by atoms with E-state index in [1.54, 1.807) is 0 Å². The van der Waals surface area contributed by atoms with E-state index in [4.69, 9.17) is 0 Å². The molecule has 0 bridgehead atoms. The van der Waals surface area contributed by atoms with Crippen LogP contribution in [0.2, 0.25) is 0 Å². The van der Waals surface area contributed by atoms with Crippen molar-refractivity contribution in [1.29, 1.82) is 0 Å². The average molecular weight is 605 g/mol. The minimum absolute atomic E-state index is 0. The lowest BCUT2D eigenvalue weighted by molar-refractivity contribution is 0.0144. The summed E-state index contributed by atoms with van der Waals surface area (Å²) in [5.74, 6) is 2.18. The van der Waals surface area contributed by atoms with Crippen LogP contribution in [-0.2, 0) is 0 Å². The number of hydrogen-bond acceptors (Lipinski definition) is 8. The third-order valence-electron chi connectivity index (χ3n) is 8.31. The maximum atomic E-state index is 4.32. The van der Waals surface area contributed by atoms with Crippen LogP contribution in [0.1, 0.15) is 141 Å². The second kappa shape index (κ2) is 14.0. The van der Waals surface area contributed by atoms with Gasteiger partial charge in [-0.1, -0.05) is 28.2 Å². The summed E-state index contributed by atoms with van der Waals surface area (Å²) in [6, 6.07) is 1.27.